The maximum atomic E-state index is 7.65. The van der Waals surface area contributed by atoms with E-state index in [4.69, 9.17) is 20.6 Å². The standard InChI is InChI=1S/C14H22N2O2S/c1-10(2)9-17-7-8-18-11-5-4-6-12(19-3)13(11)14(15)16/h4-6,10H,7-9H2,1-3H3,(H3,15,16). The van der Waals surface area contributed by atoms with Crippen LogP contribution in [0.1, 0.15) is 19.4 Å². The Kier molecular flexibility index (Phi) is 6.73. The smallest absolute Gasteiger partial charge is 0.131 e. The first-order chi connectivity index (χ1) is 9.06. The van der Waals surface area contributed by atoms with E-state index in [1.54, 1.807) is 11.8 Å². The summed E-state index contributed by atoms with van der Waals surface area (Å²) in [6.45, 7) is 5.95. The molecule has 1 aromatic carbocycles. The van der Waals surface area contributed by atoms with Crippen LogP contribution in [-0.2, 0) is 4.74 Å². The lowest BCUT2D eigenvalue weighted by Gasteiger charge is -2.14. The van der Waals surface area contributed by atoms with Gasteiger partial charge in [-0.3, -0.25) is 5.41 Å². The molecule has 0 atom stereocenters. The van der Waals surface area contributed by atoms with E-state index < -0.39 is 0 Å². The first-order valence-corrected chi connectivity index (χ1v) is 7.50. The lowest BCUT2D eigenvalue weighted by atomic mass is 10.2. The predicted octanol–water partition coefficient (Wildman–Crippen LogP) is 2.74. The van der Waals surface area contributed by atoms with Crippen molar-refractivity contribution in [3.63, 3.8) is 0 Å². The number of nitrogen functional groups attached to an aromatic ring is 1. The van der Waals surface area contributed by atoms with Gasteiger partial charge < -0.3 is 15.2 Å². The minimum atomic E-state index is 0.0306. The highest BCUT2D eigenvalue weighted by Gasteiger charge is 2.11. The molecule has 0 saturated heterocycles. The van der Waals surface area contributed by atoms with Gasteiger partial charge in [0.15, 0.2) is 0 Å². The molecule has 3 N–H and O–H groups in total. The Morgan fingerprint density at radius 1 is 1.37 bits per heavy atom. The fourth-order valence-corrected chi connectivity index (χ4v) is 2.23. The van der Waals surface area contributed by atoms with Crippen molar-refractivity contribution in [2.24, 2.45) is 11.7 Å². The summed E-state index contributed by atoms with van der Waals surface area (Å²) in [5, 5.41) is 7.65. The quantitative estimate of drug-likeness (QED) is 0.333. The van der Waals surface area contributed by atoms with Crippen LogP contribution in [0.5, 0.6) is 5.75 Å². The summed E-state index contributed by atoms with van der Waals surface area (Å²) in [4.78, 5) is 0.952. The van der Waals surface area contributed by atoms with Crippen LogP contribution in [-0.4, -0.2) is 31.9 Å². The van der Waals surface area contributed by atoms with Gasteiger partial charge in [0, 0.05) is 11.5 Å². The van der Waals surface area contributed by atoms with Gasteiger partial charge in [-0.25, -0.2) is 0 Å². The van der Waals surface area contributed by atoms with Crippen molar-refractivity contribution < 1.29 is 9.47 Å². The van der Waals surface area contributed by atoms with Gasteiger partial charge in [0.2, 0.25) is 0 Å². The number of hydrogen-bond acceptors (Lipinski definition) is 4. The molecule has 0 heterocycles. The molecular weight excluding hydrogens is 260 g/mol. The van der Waals surface area contributed by atoms with Crippen LogP contribution in [0.3, 0.4) is 0 Å². The van der Waals surface area contributed by atoms with Crippen molar-refractivity contribution in [3.05, 3.63) is 23.8 Å². The molecule has 5 heteroatoms. The number of rotatable bonds is 8. The molecule has 0 unspecified atom stereocenters. The van der Waals surface area contributed by atoms with Crippen LogP contribution in [0.15, 0.2) is 23.1 Å². The maximum Gasteiger partial charge on any atom is 0.131 e. The number of amidine groups is 1. The second kappa shape index (κ2) is 8.07. The zero-order chi connectivity index (χ0) is 14.3. The number of hydrogen-bond donors (Lipinski definition) is 2. The molecule has 0 radical (unpaired) electrons. The Hall–Kier alpha value is -1.20. The fraction of sp³-hybridized carbons (Fsp3) is 0.500. The van der Waals surface area contributed by atoms with E-state index in [1.807, 2.05) is 24.5 Å². The predicted molar refractivity (Wildman–Crippen MR) is 80.4 cm³/mol. The van der Waals surface area contributed by atoms with Gasteiger partial charge in [-0.05, 0) is 24.3 Å². The number of nitrogens with one attached hydrogen (secondary N) is 1. The molecule has 0 aromatic heterocycles. The van der Waals surface area contributed by atoms with E-state index in [2.05, 4.69) is 13.8 Å². The number of nitrogens with two attached hydrogens (primary N) is 1. The summed E-state index contributed by atoms with van der Waals surface area (Å²) in [6, 6.07) is 5.67. The van der Waals surface area contributed by atoms with E-state index in [0.29, 0.717) is 30.4 Å². The largest absolute Gasteiger partial charge is 0.490 e. The van der Waals surface area contributed by atoms with Crippen LogP contribution in [0.25, 0.3) is 0 Å². The zero-order valence-corrected chi connectivity index (χ0v) is 12.5. The third-order valence-electron chi connectivity index (χ3n) is 2.41. The summed E-state index contributed by atoms with van der Waals surface area (Å²) in [6.07, 6.45) is 1.96. The lowest BCUT2D eigenvalue weighted by Crippen LogP contribution is -2.16. The Balaban J connectivity index is 2.60. The van der Waals surface area contributed by atoms with E-state index in [9.17, 15) is 0 Å². The number of benzene rings is 1. The normalized spacial score (nSPS) is 10.7. The molecule has 0 spiro atoms. The molecular formula is C14H22N2O2S. The maximum absolute atomic E-state index is 7.65. The summed E-state index contributed by atoms with van der Waals surface area (Å²) >= 11 is 1.55. The summed E-state index contributed by atoms with van der Waals surface area (Å²) in [5.74, 6) is 1.20. The Morgan fingerprint density at radius 2 is 2.11 bits per heavy atom. The fourth-order valence-electron chi connectivity index (χ4n) is 1.60. The van der Waals surface area contributed by atoms with Crippen molar-refractivity contribution in [1.82, 2.24) is 0 Å². The second-order valence-corrected chi connectivity index (χ2v) is 5.41. The van der Waals surface area contributed by atoms with Crippen LogP contribution < -0.4 is 10.5 Å². The van der Waals surface area contributed by atoms with Gasteiger partial charge in [0.25, 0.3) is 0 Å². The topological polar surface area (TPSA) is 68.3 Å². The van der Waals surface area contributed by atoms with Gasteiger partial charge in [-0.2, -0.15) is 0 Å². The van der Waals surface area contributed by atoms with Gasteiger partial charge in [0.1, 0.15) is 18.2 Å². The highest BCUT2D eigenvalue weighted by atomic mass is 32.2. The van der Waals surface area contributed by atoms with Crippen molar-refractivity contribution >= 4 is 17.6 Å². The minimum absolute atomic E-state index is 0.0306. The first kappa shape index (κ1) is 15.9. The highest BCUT2D eigenvalue weighted by molar-refractivity contribution is 7.98. The molecule has 0 bridgehead atoms. The Bertz CT molecular complexity index is 422. The van der Waals surface area contributed by atoms with Gasteiger partial charge in [-0.15, -0.1) is 11.8 Å². The molecule has 0 aliphatic rings. The van der Waals surface area contributed by atoms with Crippen molar-refractivity contribution in [2.75, 3.05) is 26.1 Å². The SMILES string of the molecule is CSc1cccc(OCCOCC(C)C)c1C(=N)N. The molecule has 19 heavy (non-hydrogen) atoms. The van der Waals surface area contributed by atoms with Crippen LogP contribution in [0, 0.1) is 11.3 Å². The average Bonchev–Trinajstić information content (AvgIpc) is 2.37. The molecule has 0 amide bonds. The monoisotopic (exact) mass is 282 g/mol. The van der Waals surface area contributed by atoms with Gasteiger partial charge in [-0.1, -0.05) is 19.9 Å². The van der Waals surface area contributed by atoms with Crippen molar-refractivity contribution in [3.8, 4) is 5.75 Å². The van der Waals surface area contributed by atoms with E-state index in [1.165, 1.54) is 0 Å². The van der Waals surface area contributed by atoms with E-state index in [0.717, 1.165) is 11.5 Å². The minimum Gasteiger partial charge on any atom is -0.490 e. The molecule has 0 aliphatic carbocycles. The Labute approximate surface area is 119 Å². The summed E-state index contributed by atoms with van der Waals surface area (Å²) in [7, 11) is 0. The summed E-state index contributed by atoms with van der Waals surface area (Å²) < 4.78 is 11.1. The van der Waals surface area contributed by atoms with Crippen LogP contribution >= 0.6 is 11.8 Å². The highest BCUT2D eigenvalue weighted by Crippen LogP contribution is 2.28. The van der Waals surface area contributed by atoms with Crippen molar-refractivity contribution in [2.45, 2.75) is 18.7 Å². The number of ether oxygens (including phenoxy) is 2. The first-order valence-electron chi connectivity index (χ1n) is 6.28. The summed E-state index contributed by atoms with van der Waals surface area (Å²) in [5.41, 5.74) is 6.29. The van der Waals surface area contributed by atoms with E-state index in [-0.39, 0.29) is 5.84 Å². The van der Waals surface area contributed by atoms with Crippen molar-refractivity contribution in [1.29, 1.82) is 5.41 Å². The lowest BCUT2D eigenvalue weighted by molar-refractivity contribution is 0.0818. The number of thioether (sulfide) groups is 1. The molecule has 0 fully saturated rings. The van der Waals surface area contributed by atoms with E-state index >= 15 is 0 Å². The molecule has 1 aromatic rings. The van der Waals surface area contributed by atoms with Crippen LogP contribution in [0.4, 0.5) is 0 Å². The second-order valence-electron chi connectivity index (χ2n) is 4.56. The Morgan fingerprint density at radius 3 is 2.68 bits per heavy atom. The molecule has 0 aliphatic heterocycles. The third-order valence-corrected chi connectivity index (χ3v) is 3.19. The zero-order valence-electron chi connectivity index (χ0n) is 11.7. The average molecular weight is 282 g/mol. The van der Waals surface area contributed by atoms with Gasteiger partial charge in [0.05, 0.1) is 12.2 Å². The third kappa shape index (κ3) is 5.12. The van der Waals surface area contributed by atoms with Gasteiger partial charge >= 0.3 is 0 Å². The molecule has 1 rings (SSSR count). The molecule has 4 nitrogen and oxygen atoms in total. The molecule has 0 saturated carbocycles. The van der Waals surface area contributed by atoms with Crippen LogP contribution in [0.2, 0.25) is 0 Å². The molecule has 106 valence electrons.